The highest BCUT2D eigenvalue weighted by atomic mass is 32.1. The topological polar surface area (TPSA) is 80.9 Å². The van der Waals surface area contributed by atoms with E-state index in [1.165, 1.54) is 17.1 Å². The Morgan fingerprint density at radius 3 is 2.70 bits per heavy atom. The van der Waals surface area contributed by atoms with E-state index >= 15 is 0 Å². The van der Waals surface area contributed by atoms with Crippen LogP contribution in [0.3, 0.4) is 0 Å². The minimum atomic E-state index is -0.0626. The molecule has 1 saturated carbocycles. The number of nitrogens with two attached hydrogens (primary N) is 1. The van der Waals surface area contributed by atoms with E-state index in [4.69, 9.17) is 5.73 Å². The van der Waals surface area contributed by atoms with Gasteiger partial charge < -0.3 is 11.1 Å². The molecule has 0 saturated heterocycles. The first-order chi connectivity index (χ1) is 11.1. The number of rotatable bonds is 5. The van der Waals surface area contributed by atoms with E-state index in [1.54, 1.807) is 0 Å². The second-order valence-corrected chi connectivity index (χ2v) is 7.33. The molecule has 1 aliphatic rings. The zero-order valence-corrected chi connectivity index (χ0v) is 14.3. The number of aromatic nitrogens is 2. The first kappa shape index (κ1) is 16.1. The SMILES string of the molecule is CC(C)c1nnsc1C(=O)NC1CC(CN)(c2ccccc2)C1. The number of hydrogen-bond acceptors (Lipinski definition) is 5. The molecule has 122 valence electrons. The maximum absolute atomic E-state index is 12.5. The summed E-state index contributed by atoms with van der Waals surface area (Å²) < 4.78 is 3.92. The van der Waals surface area contributed by atoms with Crippen molar-refractivity contribution in [3.8, 4) is 0 Å². The first-order valence-corrected chi connectivity index (χ1v) is 8.72. The highest BCUT2D eigenvalue weighted by molar-refractivity contribution is 7.08. The van der Waals surface area contributed by atoms with E-state index in [-0.39, 0.29) is 23.3 Å². The number of carbonyl (C=O) groups is 1. The molecule has 0 aliphatic heterocycles. The molecule has 1 fully saturated rings. The second kappa shape index (κ2) is 6.37. The molecule has 1 heterocycles. The average Bonchev–Trinajstić information content (AvgIpc) is 3.01. The Morgan fingerprint density at radius 1 is 1.39 bits per heavy atom. The molecule has 0 radical (unpaired) electrons. The van der Waals surface area contributed by atoms with Gasteiger partial charge in [0.15, 0.2) is 0 Å². The monoisotopic (exact) mass is 330 g/mol. The molecule has 0 spiro atoms. The molecule has 3 N–H and O–H groups in total. The van der Waals surface area contributed by atoms with Crippen LogP contribution in [0.4, 0.5) is 0 Å². The summed E-state index contributed by atoms with van der Waals surface area (Å²) in [5.74, 6) is 0.135. The van der Waals surface area contributed by atoms with E-state index in [1.807, 2.05) is 32.0 Å². The number of hydrogen-bond donors (Lipinski definition) is 2. The van der Waals surface area contributed by atoms with E-state index < -0.39 is 0 Å². The van der Waals surface area contributed by atoms with Crippen molar-refractivity contribution in [1.29, 1.82) is 0 Å². The van der Waals surface area contributed by atoms with Crippen molar-refractivity contribution in [2.24, 2.45) is 5.73 Å². The Balaban J connectivity index is 1.65. The number of nitrogens with zero attached hydrogens (tertiary/aromatic N) is 2. The van der Waals surface area contributed by atoms with Gasteiger partial charge in [-0.1, -0.05) is 48.7 Å². The van der Waals surface area contributed by atoms with Gasteiger partial charge in [0, 0.05) is 18.0 Å². The number of nitrogens with one attached hydrogen (secondary N) is 1. The quantitative estimate of drug-likeness (QED) is 0.882. The van der Waals surface area contributed by atoms with Crippen molar-refractivity contribution >= 4 is 17.4 Å². The fourth-order valence-electron chi connectivity index (χ4n) is 3.28. The molecule has 23 heavy (non-hydrogen) atoms. The van der Waals surface area contributed by atoms with Gasteiger partial charge >= 0.3 is 0 Å². The van der Waals surface area contributed by atoms with Crippen LogP contribution in [0, 0.1) is 0 Å². The zero-order valence-electron chi connectivity index (χ0n) is 13.5. The van der Waals surface area contributed by atoms with Crippen LogP contribution in [0.15, 0.2) is 30.3 Å². The lowest BCUT2D eigenvalue weighted by atomic mass is 9.61. The van der Waals surface area contributed by atoms with E-state index in [2.05, 4.69) is 27.0 Å². The number of amides is 1. The van der Waals surface area contributed by atoms with Crippen LogP contribution < -0.4 is 11.1 Å². The Hall–Kier alpha value is -1.79. The van der Waals surface area contributed by atoms with Crippen LogP contribution >= 0.6 is 11.5 Å². The molecule has 1 aliphatic carbocycles. The standard InChI is InChI=1S/C17H22N4OS/c1-11(2)14-15(23-21-20-14)16(22)19-13-8-17(9-13,10-18)12-6-4-3-5-7-12/h3-7,11,13H,8-10,18H2,1-2H3,(H,19,22). The third-order valence-corrected chi connectivity index (χ3v) is 5.39. The van der Waals surface area contributed by atoms with Crippen molar-refractivity contribution in [2.75, 3.05) is 6.54 Å². The van der Waals surface area contributed by atoms with Crippen LogP contribution in [-0.4, -0.2) is 28.1 Å². The molecule has 2 aromatic rings. The predicted octanol–water partition coefficient (Wildman–Crippen LogP) is 2.45. The summed E-state index contributed by atoms with van der Waals surface area (Å²) in [5, 5.41) is 7.18. The van der Waals surface area contributed by atoms with Crippen molar-refractivity contribution in [3.63, 3.8) is 0 Å². The largest absolute Gasteiger partial charge is 0.348 e. The van der Waals surface area contributed by atoms with Crippen molar-refractivity contribution in [3.05, 3.63) is 46.5 Å². The van der Waals surface area contributed by atoms with Crippen LogP contribution in [0.2, 0.25) is 0 Å². The summed E-state index contributed by atoms with van der Waals surface area (Å²) >= 11 is 1.17. The molecule has 3 rings (SSSR count). The summed E-state index contributed by atoms with van der Waals surface area (Å²) in [7, 11) is 0. The summed E-state index contributed by atoms with van der Waals surface area (Å²) in [4.78, 5) is 13.1. The Morgan fingerprint density at radius 2 is 2.09 bits per heavy atom. The molecule has 0 unspecified atom stereocenters. The van der Waals surface area contributed by atoms with Crippen molar-refractivity contribution in [1.82, 2.24) is 14.9 Å². The van der Waals surface area contributed by atoms with Crippen LogP contribution in [0.25, 0.3) is 0 Å². The Labute approximate surface area is 140 Å². The van der Waals surface area contributed by atoms with Crippen LogP contribution in [0.5, 0.6) is 0 Å². The van der Waals surface area contributed by atoms with Crippen LogP contribution in [-0.2, 0) is 5.41 Å². The summed E-state index contributed by atoms with van der Waals surface area (Å²) in [6, 6.07) is 10.5. The third-order valence-electron chi connectivity index (χ3n) is 4.65. The van der Waals surface area contributed by atoms with Gasteiger partial charge in [0.25, 0.3) is 5.91 Å². The third kappa shape index (κ3) is 3.01. The molecule has 0 bridgehead atoms. The number of benzene rings is 1. The van der Waals surface area contributed by atoms with Gasteiger partial charge in [0.1, 0.15) is 4.88 Å². The maximum atomic E-state index is 12.5. The van der Waals surface area contributed by atoms with Gasteiger partial charge in [-0.2, -0.15) is 0 Å². The molecule has 0 atom stereocenters. The van der Waals surface area contributed by atoms with Gasteiger partial charge in [-0.3, -0.25) is 4.79 Å². The van der Waals surface area contributed by atoms with Crippen molar-refractivity contribution in [2.45, 2.75) is 44.1 Å². The fourth-order valence-corrected chi connectivity index (χ4v) is 4.00. The molecule has 1 aromatic heterocycles. The van der Waals surface area contributed by atoms with E-state index in [0.29, 0.717) is 11.4 Å². The molecular formula is C17H22N4OS. The van der Waals surface area contributed by atoms with Gasteiger partial charge in [-0.05, 0) is 35.9 Å². The highest BCUT2D eigenvalue weighted by Gasteiger charge is 2.45. The lowest BCUT2D eigenvalue weighted by Crippen LogP contribution is -2.56. The molecular weight excluding hydrogens is 308 g/mol. The van der Waals surface area contributed by atoms with E-state index in [0.717, 1.165) is 18.5 Å². The van der Waals surface area contributed by atoms with Crippen LogP contribution in [0.1, 0.15) is 53.5 Å². The van der Waals surface area contributed by atoms with Gasteiger partial charge in [0.2, 0.25) is 0 Å². The van der Waals surface area contributed by atoms with Crippen molar-refractivity contribution < 1.29 is 4.79 Å². The molecule has 5 nitrogen and oxygen atoms in total. The first-order valence-electron chi connectivity index (χ1n) is 7.94. The molecule has 1 aromatic carbocycles. The normalized spacial score (nSPS) is 23.6. The highest BCUT2D eigenvalue weighted by Crippen LogP contribution is 2.43. The lowest BCUT2D eigenvalue weighted by molar-refractivity contribution is 0.0869. The predicted molar refractivity (Wildman–Crippen MR) is 91.7 cm³/mol. The summed E-state index contributed by atoms with van der Waals surface area (Å²) in [6.07, 6.45) is 1.75. The minimum absolute atomic E-state index is 0.00790. The fraction of sp³-hybridized carbons (Fsp3) is 0.471. The minimum Gasteiger partial charge on any atom is -0.348 e. The Bertz CT molecular complexity index is 677. The summed E-state index contributed by atoms with van der Waals surface area (Å²) in [6.45, 7) is 4.64. The van der Waals surface area contributed by atoms with Gasteiger partial charge in [0.05, 0.1) is 5.69 Å². The lowest BCUT2D eigenvalue weighted by Gasteiger charge is -2.47. The molecule has 6 heteroatoms. The number of carbonyl (C=O) groups excluding carboxylic acids is 1. The molecule has 1 amide bonds. The maximum Gasteiger partial charge on any atom is 0.265 e. The van der Waals surface area contributed by atoms with Gasteiger partial charge in [-0.15, -0.1) is 5.10 Å². The van der Waals surface area contributed by atoms with Gasteiger partial charge in [-0.25, -0.2) is 0 Å². The average molecular weight is 330 g/mol. The zero-order chi connectivity index (χ0) is 16.4. The van der Waals surface area contributed by atoms with E-state index in [9.17, 15) is 4.79 Å². The summed E-state index contributed by atoms with van der Waals surface area (Å²) in [5.41, 5.74) is 8.05. The Kier molecular flexibility index (Phi) is 4.46. The smallest absolute Gasteiger partial charge is 0.265 e. The second-order valence-electron chi connectivity index (χ2n) is 6.57.